The number of aromatic nitrogens is 1. The molecule has 120 valence electrons. The Morgan fingerprint density at radius 2 is 1.96 bits per heavy atom. The SMILES string of the molecule is O=C1C[C@@H](NS(=O)(=O)c2cccnc2)CN1c1ccc(Cl)cc1. The van der Waals surface area contributed by atoms with Crippen LogP contribution in [-0.2, 0) is 14.8 Å². The number of nitrogens with zero attached hydrogens (tertiary/aromatic N) is 2. The van der Waals surface area contributed by atoms with Crippen molar-refractivity contribution in [2.75, 3.05) is 11.4 Å². The van der Waals surface area contributed by atoms with E-state index in [1.54, 1.807) is 35.2 Å². The lowest BCUT2D eigenvalue weighted by atomic mass is 10.3. The van der Waals surface area contributed by atoms with E-state index in [-0.39, 0.29) is 23.8 Å². The van der Waals surface area contributed by atoms with Gasteiger partial charge in [0, 0.05) is 42.1 Å². The Balaban J connectivity index is 1.74. The van der Waals surface area contributed by atoms with Gasteiger partial charge in [0.2, 0.25) is 15.9 Å². The van der Waals surface area contributed by atoms with Crippen molar-refractivity contribution < 1.29 is 13.2 Å². The van der Waals surface area contributed by atoms with Crippen molar-refractivity contribution in [2.45, 2.75) is 17.4 Å². The van der Waals surface area contributed by atoms with Gasteiger partial charge in [-0.2, -0.15) is 0 Å². The highest BCUT2D eigenvalue weighted by Crippen LogP contribution is 2.24. The van der Waals surface area contributed by atoms with Gasteiger partial charge >= 0.3 is 0 Å². The van der Waals surface area contributed by atoms with E-state index in [9.17, 15) is 13.2 Å². The molecule has 1 amide bonds. The fourth-order valence-corrected chi connectivity index (χ4v) is 3.77. The second-order valence-corrected chi connectivity index (χ2v) is 7.34. The van der Waals surface area contributed by atoms with Crippen molar-refractivity contribution in [3.63, 3.8) is 0 Å². The standard InChI is InChI=1S/C15H14ClN3O3S/c16-11-3-5-13(6-4-11)19-10-12(8-15(19)20)18-23(21,22)14-2-1-7-17-9-14/h1-7,9,12,18H,8,10H2/t12-/m1/s1. The van der Waals surface area contributed by atoms with Crippen LogP contribution in [0.15, 0.2) is 53.7 Å². The molecule has 0 spiro atoms. The molecular weight excluding hydrogens is 338 g/mol. The molecule has 1 aromatic carbocycles. The van der Waals surface area contributed by atoms with Crippen LogP contribution in [0.4, 0.5) is 5.69 Å². The summed E-state index contributed by atoms with van der Waals surface area (Å²) in [7, 11) is -3.69. The largest absolute Gasteiger partial charge is 0.311 e. The average molecular weight is 352 g/mol. The number of hydrogen-bond donors (Lipinski definition) is 1. The summed E-state index contributed by atoms with van der Waals surface area (Å²) in [5.74, 6) is -0.133. The van der Waals surface area contributed by atoms with Crippen LogP contribution in [-0.4, -0.2) is 31.9 Å². The maximum Gasteiger partial charge on any atom is 0.242 e. The van der Waals surface area contributed by atoms with Crippen LogP contribution in [0.5, 0.6) is 0 Å². The molecule has 0 radical (unpaired) electrons. The first kappa shape index (κ1) is 15.9. The van der Waals surface area contributed by atoms with Crippen LogP contribution < -0.4 is 9.62 Å². The normalized spacial score (nSPS) is 18.4. The molecule has 0 unspecified atom stereocenters. The smallest absolute Gasteiger partial charge is 0.242 e. The molecule has 1 fully saturated rings. The second-order valence-electron chi connectivity index (χ2n) is 5.19. The first-order valence-corrected chi connectivity index (χ1v) is 8.80. The van der Waals surface area contributed by atoms with Crippen LogP contribution in [0, 0.1) is 0 Å². The number of benzene rings is 1. The summed E-state index contributed by atoms with van der Waals surface area (Å²) in [5.41, 5.74) is 0.697. The molecule has 1 atom stereocenters. The molecule has 2 aromatic rings. The van der Waals surface area contributed by atoms with Gasteiger partial charge < -0.3 is 4.90 Å². The lowest BCUT2D eigenvalue weighted by Gasteiger charge is -2.17. The molecule has 0 saturated carbocycles. The Kier molecular flexibility index (Phi) is 4.34. The topological polar surface area (TPSA) is 79.4 Å². The third kappa shape index (κ3) is 3.52. The lowest BCUT2D eigenvalue weighted by Crippen LogP contribution is -2.37. The Labute approximate surface area is 139 Å². The van der Waals surface area contributed by atoms with Crippen LogP contribution in [0.2, 0.25) is 5.02 Å². The van der Waals surface area contributed by atoms with Crippen molar-refractivity contribution in [1.29, 1.82) is 0 Å². The number of sulfonamides is 1. The summed E-state index contributed by atoms with van der Waals surface area (Å²) in [6, 6.07) is 9.38. The molecule has 23 heavy (non-hydrogen) atoms. The first-order chi connectivity index (χ1) is 11.0. The Morgan fingerprint density at radius 1 is 1.22 bits per heavy atom. The molecule has 1 N–H and O–H groups in total. The van der Waals surface area contributed by atoms with Gasteiger partial charge in [-0.3, -0.25) is 9.78 Å². The molecule has 1 saturated heterocycles. The van der Waals surface area contributed by atoms with E-state index in [1.165, 1.54) is 18.5 Å². The van der Waals surface area contributed by atoms with E-state index < -0.39 is 16.1 Å². The predicted octanol–water partition coefficient (Wildman–Crippen LogP) is 1.82. The summed E-state index contributed by atoms with van der Waals surface area (Å²) in [6.45, 7) is 0.278. The third-order valence-corrected chi connectivity index (χ3v) is 5.29. The van der Waals surface area contributed by atoms with E-state index in [0.717, 1.165) is 0 Å². The van der Waals surface area contributed by atoms with Crippen LogP contribution in [0.3, 0.4) is 0 Å². The quantitative estimate of drug-likeness (QED) is 0.911. The third-order valence-electron chi connectivity index (χ3n) is 3.53. The van der Waals surface area contributed by atoms with E-state index in [1.807, 2.05) is 0 Å². The van der Waals surface area contributed by atoms with Crippen molar-refractivity contribution in [2.24, 2.45) is 0 Å². The number of halogens is 1. The number of anilines is 1. The molecule has 2 heterocycles. The molecule has 0 bridgehead atoms. The van der Waals surface area contributed by atoms with Gasteiger partial charge in [-0.15, -0.1) is 0 Å². The van der Waals surface area contributed by atoms with E-state index in [2.05, 4.69) is 9.71 Å². The highest BCUT2D eigenvalue weighted by molar-refractivity contribution is 7.89. The molecule has 8 heteroatoms. The first-order valence-electron chi connectivity index (χ1n) is 6.94. The highest BCUT2D eigenvalue weighted by Gasteiger charge is 2.33. The molecule has 3 rings (SSSR count). The zero-order chi connectivity index (χ0) is 16.4. The number of carbonyl (C=O) groups is 1. The highest BCUT2D eigenvalue weighted by atomic mass is 35.5. The zero-order valence-corrected chi connectivity index (χ0v) is 13.6. The van der Waals surface area contributed by atoms with Crippen LogP contribution in [0.1, 0.15) is 6.42 Å². The fourth-order valence-electron chi connectivity index (χ4n) is 2.45. The number of pyridine rings is 1. The van der Waals surface area contributed by atoms with Crippen LogP contribution in [0.25, 0.3) is 0 Å². The molecule has 6 nitrogen and oxygen atoms in total. The molecule has 1 aromatic heterocycles. The lowest BCUT2D eigenvalue weighted by molar-refractivity contribution is -0.117. The fraction of sp³-hybridized carbons (Fsp3) is 0.200. The minimum Gasteiger partial charge on any atom is -0.311 e. The molecular formula is C15H14ClN3O3S. The number of rotatable bonds is 4. The molecule has 1 aliphatic heterocycles. The van der Waals surface area contributed by atoms with Crippen LogP contribution >= 0.6 is 11.6 Å². The number of hydrogen-bond acceptors (Lipinski definition) is 4. The Bertz CT molecular complexity index is 810. The van der Waals surface area contributed by atoms with Crippen molar-refractivity contribution in [1.82, 2.24) is 9.71 Å². The van der Waals surface area contributed by atoms with Gasteiger partial charge in [-0.05, 0) is 36.4 Å². The maximum atomic E-state index is 12.3. The van der Waals surface area contributed by atoms with Gasteiger partial charge in [0.25, 0.3) is 0 Å². The van der Waals surface area contributed by atoms with Gasteiger partial charge in [0.05, 0.1) is 0 Å². The van der Waals surface area contributed by atoms with Gasteiger partial charge in [0.15, 0.2) is 0 Å². The summed E-state index contributed by atoms with van der Waals surface area (Å²) < 4.78 is 27.1. The molecule has 0 aliphatic carbocycles. The molecule has 1 aliphatic rings. The van der Waals surface area contributed by atoms with Crippen molar-refractivity contribution in [3.8, 4) is 0 Å². The zero-order valence-electron chi connectivity index (χ0n) is 12.0. The van der Waals surface area contributed by atoms with Gasteiger partial charge in [0.1, 0.15) is 4.90 Å². The average Bonchev–Trinajstić information content (AvgIpc) is 2.89. The summed E-state index contributed by atoms with van der Waals surface area (Å²) in [5, 5.41) is 0.578. The van der Waals surface area contributed by atoms with E-state index in [0.29, 0.717) is 10.7 Å². The summed E-state index contributed by atoms with van der Waals surface area (Å²) in [4.78, 5) is 17.6. The number of amides is 1. The minimum atomic E-state index is -3.69. The van der Waals surface area contributed by atoms with Gasteiger partial charge in [-0.1, -0.05) is 11.6 Å². The Morgan fingerprint density at radius 3 is 2.61 bits per heavy atom. The Hall–Kier alpha value is -1.96. The van der Waals surface area contributed by atoms with Crippen molar-refractivity contribution >= 4 is 33.2 Å². The predicted molar refractivity (Wildman–Crippen MR) is 86.8 cm³/mol. The number of carbonyl (C=O) groups excluding carboxylic acids is 1. The maximum absolute atomic E-state index is 12.3. The monoisotopic (exact) mass is 351 g/mol. The van der Waals surface area contributed by atoms with E-state index >= 15 is 0 Å². The summed E-state index contributed by atoms with van der Waals surface area (Å²) in [6.07, 6.45) is 2.89. The van der Waals surface area contributed by atoms with E-state index in [4.69, 9.17) is 11.6 Å². The number of nitrogens with one attached hydrogen (secondary N) is 1. The second kappa shape index (κ2) is 6.27. The minimum absolute atomic E-state index is 0.0809. The van der Waals surface area contributed by atoms with Gasteiger partial charge in [-0.25, -0.2) is 13.1 Å². The van der Waals surface area contributed by atoms with Crippen molar-refractivity contribution in [3.05, 3.63) is 53.8 Å². The summed E-state index contributed by atoms with van der Waals surface area (Å²) >= 11 is 5.84.